The average molecular weight is 533 g/mol. The SMILES string of the molecule is N#Cc1ccc(-c2cc3c(-c4cccc5ccccc45)cc(-c4cccc5ccccc45)nc3c3ccccc23)cc1. The van der Waals surface area contributed by atoms with Crippen LogP contribution >= 0.6 is 0 Å². The van der Waals surface area contributed by atoms with E-state index in [4.69, 9.17) is 4.98 Å². The van der Waals surface area contributed by atoms with Gasteiger partial charge in [0.05, 0.1) is 22.8 Å². The average Bonchev–Trinajstić information content (AvgIpc) is 3.07. The van der Waals surface area contributed by atoms with Crippen molar-refractivity contribution in [3.63, 3.8) is 0 Å². The van der Waals surface area contributed by atoms with Crippen molar-refractivity contribution >= 4 is 43.2 Å². The molecule has 7 aromatic carbocycles. The minimum Gasteiger partial charge on any atom is -0.247 e. The molecular formula is C40H24N2. The van der Waals surface area contributed by atoms with Crippen LogP contribution in [0.5, 0.6) is 0 Å². The molecule has 0 atom stereocenters. The summed E-state index contributed by atoms with van der Waals surface area (Å²) in [5.74, 6) is 0. The summed E-state index contributed by atoms with van der Waals surface area (Å²) < 4.78 is 0. The van der Waals surface area contributed by atoms with Crippen molar-refractivity contribution in [2.45, 2.75) is 0 Å². The first-order chi connectivity index (χ1) is 20.8. The summed E-state index contributed by atoms with van der Waals surface area (Å²) >= 11 is 0. The van der Waals surface area contributed by atoms with Gasteiger partial charge >= 0.3 is 0 Å². The van der Waals surface area contributed by atoms with Gasteiger partial charge in [0.2, 0.25) is 0 Å². The number of nitriles is 1. The fraction of sp³-hybridized carbons (Fsp3) is 0. The van der Waals surface area contributed by atoms with E-state index in [1.165, 1.54) is 27.1 Å². The van der Waals surface area contributed by atoms with Gasteiger partial charge in [-0.3, -0.25) is 0 Å². The zero-order valence-corrected chi connectivity index (χ0v) is 22.8. The van der Waals surface area contributed by atoms with E-state index in [1.54, 1.807) is 0 Å². The molecule has 1 heterocycles. The van der Waals surface area contributed by atoms with Crippen LogP contribution in [0.25, 0.3) is 76.7 Å². The summed E-state index contributed by atoms with van der Waals surface area (Å²) in [6.07, 6.45) is 0. The molecule has 1 aromatic heterocycles. The Labute approximate surface area is 243 Å². The molecule has 2 nitrogen and oxygen atoms in total. The number of benzene rings is 7. The maximum Gasteiger partial charge on any atom is 0.0991 e. The van der Waals surface area contributed by atoms with E-state index in [2.05, 4.69) is 127 Å². The third-order valence-electron chi connectivity index (χ3n) is 8.29. The molecule has 0 saturated heterocycles. The third-order valence-corrected chi connectivity index (χ3v) is 8.29. The highest BCUT2D eigenvalue weighted by molar-refractivity contribution is 6.18. The van der Waals surface area contributed by atoms with E-state index in [0.29, 0.717) is 5.56 Å². The number of aromatic nitrogens is 1. The van der Waals surface area contributed by atoms with Crippen LogP contribution in [-0.2, 0) is 0 Å². The molecular weight excluding hydrogens is 508 g/mol. The number of fused-ring (bicyclic) bond motifs is 5. The van der Waals surface area contributed by atoms with Gasteiger partial charge in [-0.15, -0.1) is 0 Å². The molecule has 8 aromatic rings. The Balaban J connectivity index is 1.53. The lowest BCUT2D eigenvalue weighted by Gasteiger charge is -2.17. The molecule has 0 bridgehead atoms. The Hall–Kier alpha value is -5.78. The van der Waals surface area contributed by atoms with Gasteiger partial charge < -0.3 is 0 Å². The van der Waals surface area contributed by atoms with Crippen molar-refractivity contribution in [3.8, 4) is 39.6 Å². The van der Waals surface area contributed by atoms with Crippen LogP contribution in [0.15, 0.2) is 146 Å². The van der Waals surface area contributed by atoms with Gasteiger partial charge in [0.15, 0.2) is 0 Å². The molecule has 0 aliphatic carbocycles. The van der Waals surface area contributed by atoms with E-state index in [0.717, 1.165) is 49.6 Å². The molecule has 0 radical (unpaired) electrons. The molecule has 8 rings (SSSR count). The van der Waals surface area contributed by atoms with Crippen molar-refractivity contribution in [1.29, 1.82) is 5.26 Å². The monoisotopic (exact) mass is 532 g/mol. The fourth-order valence-corrected chi connectivity index (χ4v) is 6.29. The largest absolute Gasteiger partial charge is 0.247 e. The van der Waals surface area contributed by atoms with Crippen LogP contribution in [0.3, 0.4) is 0 Å². The third kappa shape index (κ3) is 3.84. The zero-order valence-electron chi connectivity index (χ0n) is 22.8. The molecule has 0 N–H and O–H groups in total. The Morgan fingerprint density at radius 2 is 1.00 bits per heavy atom. The van der Waals surface area contributed by atoms with Gasteiger partial charge in [-0.05, 0) is 73.5 Å². The van der Waals surface area contributed by atoms with Crippen LogP contribution in [-0.4, -0.2) is 4.98 Å². The molecule has 0 spiro atoms. The summed E-state index contributed by atoms with van der Waals surface area (Å²) in [6, 6.07) is 53.3. The summed E-state index contributed by atoms with van der Waals surface area (Å²) in [5, 5.41) is 17.6. The smallest absolute Gasteiger partial charge is 0.0991 e. The molecule has 0 fully saturated rings. The first kappa shape index (κ1) is 24.1. The minimum absolute atomic E-state index is 0.654. The fourth-order valence-electron chi connectivity index (χ4n) is 6.29. The lowest BCUT2D eigenvalue weighted by atomic mass is 9.89. The quantitative estimate of drug-likeness (QED) is 0.212. The summed E-state index contributed by atoms with van der Waals surface area (Å²) in [4.78, 5) is 5.41. The molecule has 0 amide bonds. The van der Waals surface area contributed by atoms with Crippen molar-refractivity contribution in [2.24, 2.45) is 0 Å². The van der Waals surface area contributed by atoms with Gasteiger partial charge in [0, 0.05) is 16.3 Å². The molecule has 0 saturated carbocycles. The highest BCUT2D eigenvalue weighted by Crippen LogP contribution is 2.42. The Kier molecular flexibility index (Phi) is 5.55. The number of nitrogens with zero attached hydrogens (tertiary/aromatic N) is 2. The van der Waals surface area contributed by atoms with E-state index in [-0.39, 0.29) is 0 Å². The van der Waals surface area contributed by atoms with Crippen LogP contribution < -0.4 is 0 Å². The lowest BCUT2D eigenvalue weighted by molar-refractivity contribution is 1.42. The van der Waals surface area contributed by atoms with Crippen LogP contribution in [0, 0.1) is 11.3 Å². The molecule has 42 heavy (non-hydrogen) atoms. The highest BCUT2D eigenvalue weighted by atomic mass is 14.7. The van der Waals surface area contributed by atoms with Gasteiger partial charge in [0.1, 0.15) is 0 Å². The first-order valence-corrected chi connectivity index (χ1v) is 14.1. The second-order valence-electron chi connectivity index (χ2n) is 10.7. The second kappa shape index (κ2) is 9.70. The molecule has 194 valence electrons. The van der Waals surface area contributed by atoms with Crippen molar-refractivity contribution in [1.82, 2.24) is 4.98 Å². The zero-order chi connectivity index (χ0) is 28.0. The summed E-state index contributed by atoms with van der Waals surface area (Å²) in [7, 11) is 0. The van der Waals surface area contributed by atoms with E-state index >= 15 is 0 Å². The number of pyridine rings is 1. The van der Waals surface area contributed by atoms with Crippen molar-refractivity contribution in [3.05, 3.63) is 151 Å². The van der Waals surface area contributed by atoms with Crippen molar-refractivity contribution < 1.29 is 0 Å². The molecule has 2 heteroatoms. The maximum absolute atomic E-state index is 9.39. The summed E-state index contributed by atoms with van der Waals surface area (Å²) in [6.45, 7) is 0. The number of hydrogen-bond donors (Lipinski definition) is 0. The first-order valence-electron chi connectivity index (χ1n) is 14.1. The Morgan fingerprint density at radius 1 is 0.429 bits per heavy atom. The minimum atomic E-state index is 0.654. The Bertz CT molecular complexity index is 2350. The molecule has 0 aliphatic heterocycles. The summed E-state index contributed by atoms with van der Waals surface area (Å²) in [5.41, 5.74) is 8.26. The van der Waals surface area contributed by atoms with Crippen LogP contribution in [0.1, 0.15) is 5.56 Å². The van der Waals surface area contributed by atoms with Crippen molar-refractivity contribution in [2.75, 3.05) is 0 Å². The van der Waals surface area contributed by atoms with E-state index < -0.39 is 0 Å². The van der Waals surface area contributed by atoms with E-state index in [9.17, 15) is 5.26 Å². The standard InChI is InChI=1S/C40H24N2/c41-25-26-19-21-29(22-20-26)36-23-38-37(32-17-7-11-27-9-1-3-13-30(27)32)24-39(42-40(38)35-16-6-5-15-33(35)36)34-18-8-12-28-10-2-4-14-31(28)34/h1-24H. The highest BCUT2D eigenvalue weighted by Gasteiger charge is 2.18. The second-order valence-corrected chi connectivity index (χ2v) is 10.7. The van der Waals surface area contributed by atoms with Crippen LogP contribution in [0.4, 0.5) is 0 Å². The van der Waals surface area contributed by atoms with Gasteiger partial charge in [-0.2, -0.15) is 5.26 Å². The number of rotatable bonds is 3. The molecule has 0 aliphatic rings. The number of hydrogen-bond acceptors (Lipinski definition) is 2. The topological polar surface area (TPSA) is 36.7 Å². The normalized spacial score (nSPS) is 11.3. The predicted octanol–water partition coefficient (Wildman–Crippen LogP) is 10.6. The van der Waals surface area contributed by atoms with E-state index in [1.807, 2.05) is 24.3 Å². The van der Waals surface area contributed by atoms with Gasteiger partial charge in [-0.25, -0.2) is 4.98 Å². The van der Waals surface area contributed by atoms with Crippen LogP contribution in [0.2, 0.25) is 0 Å². The predicted molar refractivity (Wildman–Crippen MR) is 175 cm³/mol. The Morgan fingerprint density at radius 3 is 1.69 bits per heavy atom. The molecule has 0 unspecified atom stereocenters. The van der Waals surface area contributed by atoms with Gasteiger partial charge in [0.25, 0.3) is 0 Å². The maximum atomic E-state index is 9.39. The van der Waals surface area contributed by atoms with Gasteiger partial charge in [-0.1, -0.05) is 121 Å². The lowest BCUT2D eigenvalue weighted by Crippen LogP contribution is -1.94.